The third-order valence-corrected chi connectivity index (χ3v) is 12.2. The van der Waals surface area contributed by atoms with Gasteiger partial charge in [-0.25, -0.2) is 4.79 Å². The Morgan fingerprint density at radius 2 is 0.867 bits per heavy atom. The number of ether oxygens (including phenoxy) is 4. The number of nitrogens with zero attached hydrogens (tertiary/aromatic N) is 2. The minimum Gasteiger partial charge on any atom is -0.480 e. The van der Waals surface area contributed by atoms with Crippen molar-refractivity contribution in [1.82, 2.24) is 9.80 Å². The molecular formula is C51H101N3O6. The maximum absolute atomic E-state index is 12.9. The molecular weight excluding hydrogens is 751 g/mol. The Balaban J connectivity index is 4.61. The molecule has 0 aromatic rings. The van der Waals surface area contributed by atoms with Crippen LogP contribution in [-0.2, 0) is 23.7 Å². The fraction of sp³-hybridized carbons (Fsp3) is 0.941. The zero-order chi connectivity index (χ0) is 44.2. The Bertz CT molecular complexity index is 948. The number of nitrogens with one attached hydrogen (secondary N) is 1. The van der Waals surface area contributed by atoms with E-state index in [1.165, 1.54) is 109 Å². The van der Waals surface area contributed by atoms with Crippen molar-refractivity contribution in [2.75, 3.05) is 59.1 Å². The van der Waals surface area contributed by atoms with Gasteiger partial charge in [-0.2, -0.15) is 0 Å². The molecule has 60 heavy (non-hydrogen) atoms. The van der Waals surface area contributed by atoms with Crippen molar-refractivity contribution in [2.24, 2.45) is 5.92 Å². The van der Waals surface area contributed by atoms with E-state index in [9.17, 15) is 9.59 Å². The standard InChI is InChI=1S/C51H101N3O6/c1-7-13-17-21-25-29-35-47(34-28-19-15-9-3)46-59-50(55)39-33-27-23-22-26-31-37-48(36-30-20-16-10-4)60-51(56)58-45-43-54(41-40-53(11-5)12-6)42-44-57-49(52)38-32-24-18-14-8-2/h47-48,52H,7-46H2,1-6H3. The Hall–Kier alpha value is -1.87. The van der Waals surface area contributed by atoms with Gasteiger partial charge in [0.15, 0.2) is 5.90 Å². The van der Waals surface area contributed by atoms with Crippen molar-refractivity contribution in [3.8, 4) is 0 Å². The highest BCUT2D eigenvalue weighted by molar-refractivity contribution is 5.72. The van der Waals surface area contributed by atoms with Gasteiger partial charge in [0.1, 0.15) is 19.3 Å². The van der Waals surface area contributed by atoms with Crippen molar-refractivity contribution in [3.63, 3.8) is 0 Å². The van der Waals surface area contributed by atoms with Crippen molar-refractivity contribution in [1.29, 1.82) is 5.41 Å². The molecule has 0 saturated carbocycles. The first-order valence-electron chi connectivity index (χ1n) is 26.0. The summed E-state index contributed by atoms with van der Waals surface area (Å²) in [7, 11) is 0. The van der Waals surface area contributed by atoms with Crippen LogP contribution < -0.4 is 0 Å². The Labute approximate surface area is 372 Å². The summed E-state index contributed by atoms with van der Waals surface area (Å²) in [5, 5.41) is 8.21. The summed E-state index contributed by atoms with van der Waals surface area (Å²) >= 11 is 0. The molecule has 0 heterocycles. The van der Waals surface area contributed by atoms with E-state index in [2.05, 4.69) is 51.3 Å². The molecule has 0 aromatic heterocycles. The number of carbonyl (C=O) groups excluding carboxylic acids is 2. The number of unbranched alkanes of at least 4 members (excludes halogenated alkanes) is 20. The number of carbonyl (C=O) groups is 2. The molecule has 0 amide bonds. The monoisotopic (exact) mass is 852 g/mol. The quantitative estimate of drug-likeness (QED) is 0.0280. The van der Waals surface area contributed by atoms with E-state index in [0.29, 0.717) is 51.0 Å². The molecule has 0 saturated heterocycles. The average molecular weight is 852 g/mol. The predicted octanol–water partition coefficient (Wildman–Crippen LogP) is 14.5. The van der Waals surface area contributed by atoms with Gasteiger partial charge >= 0.3 is 12.1 Å². The van der Waals surface area contributed by atoms with Gasteiger partial charge < -0.3 is 23.8 Å². The molecule has 0 radical (unpaired) electrons. The van der Waals surface area contributed by atoms with Crippen molar-refractivity contribution in [2.45, 2.75) is 247 Å². The van der Waals surface area contributed by atoms with Gasteiger partial charge in [-0.05, 0) is 70.4 Å². The molecule has 9 nitrogen and oxygen atoms in total. The Morgan fingerprint density at radius 1 is 0.450 bits per heavy atom. The zero-order valence-electron chi connectivity index (χ0n) is 40.8. The minimum atomic E-state index is -0.558. The summed E-state index contributed by atoms with van der Waals surface area (Å²) in [6.07, 6.45) is 34.5. The van der Waals surface area contributed by atoms with Crippen molar-refractivity contribution >= 4 is 18.0 Å². The predicted molar refractivity (Wildman–Crippen MR) is 254 cm³/mol. The summed E-state index contributed by atoms with van der Waals surface area (Å²) in [5.74, 6) is 0.874. The first kappa shape index (κ1) is 58.1. The van der Waals surface area contributed by atoms with Gasteiger partial charge in [0, 0.05) is 39.0 Å². The topological polar surface area (TPSA) is 101 Å². The second-order valence-electron chi connectivity index (χ2n) is 17.6. The fourth-order valence-corrected chi connectivity index (χ4v) is 7.92. The van der Waals surface area contributed by atoms with Crippen LogP contribution in [0.4, 0.5) is 4.79 Å². The summed E-state index contributed by atoms with van der Waals surface area (Å²) in [4.78, 5) is 30.2. The lowest BCUT2D eigenvalue weighted by molar-refractivity contribution is -0.145. The molecule has 2 atom stereocenters. The number of esters is 1. The van der Waals surface area contributed by atoms with Crippen LogP contribution in [0.2, 0.25) is 0 Å². The number of hydrogen-bond donors (Lipinski definition) is 1. The fourth-order valence-electron chi connectivity index (χ4n) is 7.92. The van der Waals surface area contributed by atoms with Gasteiger partial charge in [0.05, 0.1) is 6.61 Å². The van der Waals surface area contributed by atoms with Gasteiger partial charge in [0.2, 0.25) is 0 Å². The number of hydrogen-bond acceptors (Lipinski definition) is 9. The maximum Gasteiger partial charge on any atom is 0.508 e. The molecule has 0 bridgehead atoms. The van der Waals surface area contributed by atoms with Crippen LogP contribution in [0.15, 0.2) is 0 Å². The largest absolute Gasteiger partial charge is 0.508 e. The lowest BCUT2D eigenvalue weighted by Crippen LogP contribution is -2.39. The van der Waals surface area contributed by atoms with E-state index in [-0.39, 0.29) is 18.7 Å². The van der Waals surface area contributed by atoms with Gasteiger partial charge in [0.25, 0.3) is 0 Å². The molecule has 0 aliphatic rings. The molecule has 0 rings (SSSR count). The minimum absolute atomic E-state index is 0.0204. The Kier molecular flexibility index (Phi) is 43.8. The first-order chi connectivity index (χ1) is 29.3. The van der Waals surface area contributed by atoms with E-state index >= 15 is 0 Å². The third kappa shape index (κ3) is 39.0. The molecule has 0 fully saturated rings. The van der Waals surface area contributed by atoms with E-state index < -0.39 is 6.16 Å². The second-order valence-corrected chi connectivity index (χ2v) is 17.6. The van der Waals surface area contributed by atoms with Crippen LogP contribution in [0.1, 0.15) is 241 Å². The van der Waals surface area contributed by atoms with Gasteiger partial charge in [-0.3, -0.25) is 15.1 Å². The molecule has 356 valence electrons. The maximum atomic E-state index is 12.9. The van der Waals surface area contributed by atoms with E-state index in [0.717, 1.165) is 103 Å². The zero-order valence-corrected chi connectivity index (χ0v) is 40.8. The second kappa shape index (κ2) is 45.2. The van der Waals surface area contributed by atoms with Crippen LogP contribution in [0, 0.1) is 11.3 Å². The van der Waals surface area contributed by atoms with Gasteiger partial charge in [-0.1, -0.05) is 176 Å². The lowest BCUT2D eigenvalue weighted by atomic mass is 9.95. The SMILES string of the molecule is CCCCCCCCC(CCCCCC)COC(=O)CCCCCCCCC(CCCCCC)OC(=O)OCCN(CCOC(=N)CCCCCCC)CCN(CC)CC. The molecule has 0 aromatic carbocycles. The molecule has 0 aliphatic carbocycles. The number of rotatable bonds is 46. The van der Waals surface area contributed by atoms with Gasteiger partial charge in [-0.15, -0.1) is 0 Å². The van der Waals surface area contributed by atoms with Crippen LogP contribution in [0.25, 0.3) is 0 Å². The van der Waals surface area contributed by atoms with E-state index in [1.54, 1.807) is 0 Å². The molecule has 0 spiro atoms. The molecule has 1 N–H and O–H groups in total. The van der Waals surface area contributed by atoms with Crippen molar-refractivity contribution in [3.05, 3.63) is 0 Å². The summed E-state index contributed by atoms with van der Waals surface area (Å²) in [6.45, 7) is 19.8. The molecule has 2 unspecified atom stereocenters. The number of likely N-dealkylation sites (N-methyl/N-ethyl adjacent to an activating group) is 1. The summed E-state index contributed by atoms with van der Waals surface area (Å²) in [5.41, 5.74) is 0. The smallest absolute Gasteiger partial charge is 0.480 e. The normalized spacial score (nSPS) is 12.5. The van der Waals surface area contributed by atoms with Crippen LogP contribution in [-0.4, -0.2) is 93.0 Å². The lowest BCUT2D eigenvalue weighted by Gasteiger charge is -2.26. The first-order valence-corrected chi connectivity index (χ1v) is 26.0. The Morgan fingerprint density at radius 3 is 1.38 bits per heavy atom. The molecule has 9 heteroatoms. The summed E-state index contributed by atoms with van der Waals surface area (Å²) < 4.78 is 23.2. The van der Waals surface area contributed by atoms with E-state index in [4.69, 9.17) is 24.4 Å². The highest BCUT2D eigenvalue weighted by atomic mass is 16.7. The average Bonchev–Trinajstić information content (AvgIpc) is 3.24. The highest BCUT2D eigenvalue weighted by Crippen LogP contribution is 2.21. The van der Waals surface area contributed by atoms with Crippen LogP contribution in [0.5, 0.6) is 0 Å². The van der Waals surface area contributed by atoms with Crippen molar-refractivity contribution < 1.29 is 28.5 Å². The highest BCUT2D eigenvalue weighted by Gasteiger charge is 2.17. The van der Waals surface area contributed by atoms with E-state index in [1.807, 2.05) is 0 Å². The van der Waals surface area contributed by atoms with Crippen LogP contribution in [0.3, 0.4) is 0 Å². The summed E-state index contributed by atoms with van der Waals surface area (Å²) in [6, 6.07) is 0. The third-order valence-electron chi connectivity index (χ3n) is 12.2. The molecule has 0 aliphatic heterocycles. The van der Waals surface area contributed by atoms with Crippen LogP contribution >= 0.6 is 0 Å².